The van der Waals surface area contributed by atoms with E-state index in [2.05, 4.69) is 21.2 Å². The van der Waals surface area contributed by atoms with Crippen LogP contribution < -0.4 is 19.7 Å². The number of nitrogens with zero attached hydrogens (tertiary/aromatic N) is 1. The Bertz CT molecular complexity index is 1060. The molecule has 2 heterocycles. The second-order valence-corrected chi connectivity index (χ2v) is 7.39. The van der Waals surface area contributed by atoms with Crippen LogP contribution >= 0.6 is 15.9 Å². The Morgan fingerprint density at radius 3 is 2.32 bits per heavy atom. The van der Waals surface area contributed by atoms with Gasteiger partial charge in [0.15, 0.2) is 11.5 Å². The monoisotopic (exact) mass is 442 g/mol. The van der Waals surface area contributed by atoms with E-state index in [1.807, 2.05) is 19.9 Å². The largest absolute Gasteiger partial charge is 0.454 e. The van der Waals surface area contributed by atoms with Gasteiger partial charge in [0, 0.05) is 4.47 Å². The molecule has 4 amide bonds. The fourth-order valence-electron chi connectivity index (χ4n) is 3.17. The third-order valence-electron chi connectivity index (χ3n) is 4.36. The van der Waals surface area contributed by atoms with Crippen molar-refractivity contribution in [2.75, 3.05) is 11.7 Å². The zero-order valence-corrected chi connectivity index (χ0v) is 16.6. The molecular weight excluding hydrogens is 428 g/mol. The number of barbiturate groups is 1. The van der Waals surface area contributed by atoms with Crippen LogP contribution in [0.1, 0.15) is 16.7 Å². The number of hydrogen-bond acceptors (Lipinski definition) is 5. The molecule has 1 fully saturated rings. The van der Waals surface area contributed by atoms with E-state index in [1.165, 1.54) is 6.08 Å². The first-order chi connectivity index (χ1) is 13.3. The standard InChI is InChI=1S/C20H15BrN2O5/c1-10-3-11(2)5-13(4-10)23-19(25)14(18(24)22-20(23)26)6-12-7-16-17(8-15(12)21)28-9-27-16/h3-8H,9H2,1-2H3,(H,22,24,26)/b14-6-. The first-order valence-corrected chi connectivity index (χ1v) is 9.21. The minimum Gasteiger partial charge on any atom is -0.454 e. The lowest BCUT2D eigenvalue weighted by atomic mass is 10.1. The molecule has 28 heavy (non-hydrogen) atoms. The second-order valence-electron chi connectivity index (χ2n) is 6.53. The summed E-state index contributed by atoms with van der Waals surface area (Å²) in [7, 11) is 0. The lowest BCUT2D eigenvalue weighted by Gasteiger charge is -2.27. The number of imide groups is 2. The van der Waals surface area contributed by atoms with Crippen molar-refractivity contribution in [1.82, 2.24) is 5.32 Å². The number of carbonyl (C=O) groups excluding carboxylic acids is 3. The molecule has 8 heteroatoms. The molecule has 2 aliphatic rings. The second kappa shape index (κ2) is 6.79. The van der Waals surface area contributed by atoms with Gasteiger partial charge in [-0.3, -0.25) is 14.9 Å². The number of halogens is 1. The van der Waals surface area contributed by atoms with E-state index in [9.17, 15) is 14.4 Å². The molecular formula is C20H15BrN2O5. The summed E-state index contributed by atoms with van der Waals surface area (Å²) in [6.07, 6.45) is 1.42. The first-order valence-electron chi connectivity index (χ1n) is 8.42. The molecule has 0 spiro atoms. The van der Waals surface area contributed by atoms with Gasteiger partial charge in [-0.15, -0.1) is 0 Å². The number of hydrogen-bond donors (Lipinski definition) is 1. The number of ether oxygens (including phenoxy) is 2. The van der Waals surface area contributed by atoms with Crippen molar-refractivity contribution in [3.63, 3.8) is 0 Å². The third-order valence-corrected chi connectivity index (χ3v) is 5.04. The Morgan fingerprint density at radius 2 is 1.64 bits per heavy atom. The van der Waals surface area contributed by atoms with Crippen molar-refractivity contribution >= 4 is 45.5 Å². The number of nitrogens with one attached hydrogen (secondary N) is 1. The van der Waals surface area contributed by atoms with Gasteiger partial charge in [-0.05, 0) is 60.9 Å². The fraction of sp³-hybridized carbons (Fsp3) is 0.150. The molecule has 0 atom stereocenters. The molecule has 0 aliphatic carbocycles. The Morgan fingerprint density at radius 1 is 1.00 bits per heavy atom. The molecule has 4 rings (SSSR count). The van der Waals surface area contributed by atoms with Gasteiger partial charge >= 0.3 is 6.03 Å². The predicted molar refractivity (Wildman–Crippen MR) is 105 cm³/mol. The van der Waals surface area contributed by atoms with Crippen LogP contribution in [0.15, 0.2) is 40.4 Å². The average Bonchev–Trinajstić information content (AvgIpc) is 3.04. The molecule has 0 unspecified atom stereocenters. The molecule has 1 N–H and O–H groups in total. The number of anilines is 1. The normalized spacial score (nSPS) is 17.3. The summed E-state index contributed by atoms with van der Waals surface area (Å²) in [6, 6.07) is 7.95. The predicted octanol–water partition coefficient (Wildman–Crippen LogP) is 3.46. The maximum atomic E-state index is 13.0. The van der Waals surface area contributed by atoms with Crippen LogP contribution in [0.2, 0.25) is 0 Å². The lowest BCUT2D eigenvalue weighted by Crippen LogP contribution is -2.54. The van der Waals surface area contributed by atoms with Gasteiger partial charge in [-0.1, -0.05) is 22.0 Å². The molecule has 1 saturated heterocycles. The number of fused-ring (bicyclic) bond motifs is 1. The summed E-state index contributed by atoms with van der Waals surface area (Å²) >= 11 is 3.40. The zero-order chi connectivity index (χ0) is 20.0. The summed E-state index contributed by atoms with van der Waals surface area (Å²) in [4.78, 5) is 38.7. The molecule has 2 aliphatic heterocycles. The fourth-order valence-corrected chi connectivity index (χ4v) is 3.61. The maximum Gasteiger partial charge on any atom is 0.335 e. The number of rotatable bonds is 2. The highest BCUT2D eigenvalue weighted by Crippen LogP contribution is 2.38. The third kappa shape index (κ3) is 3.16. The van der Waals surface area contributed by atoms with Gasteiger partial charge in [0.25, 0.3) is 11.8 Å². The zero-order valence-electron chi connectivity index (χ0n) is 15.0. The maximum absolute atomic E-state index is 13.0. The van der Waals surface area contributed by atoms with Crippen LogP contribution in [0.25, 0.3) is 6.08 Å². The van der Waals surface area contributed by atoms with E-state index in [0.29, 0.717) is 27.2 Å². The van der Waals surface area contributed by atoms with Gasteiger partial charge < -0.3 is 9.47 Å². The minimum absolute atomic E-state index is 0.107. The van der Waals surface area contributed by atoms with E-state index in [-0.39, 0.29) is 12.4 Å². The quantitative estimate of drug-likeness (QED) is 0.568. The highest BCUT2D eigenvalue weighted by molar-refractivity contribution is 9.10. The average molecular weight is 443 g/mol. The van der Waals surface area contributed by atoms with Crippen molar-refractivity contribution in [2.45, 2.75) is 13.8 Å². The molecule has 0 saturated carbocycles. The number of aryl methyl sites for hydroxylation is 2. The highest BCUT2D eigenvalue weighted by atomic mass is 79.9. The van der Waals surface area contributed by atoms with Crippen LogP contribution in [0, 0.1) is 13.8 Å². The van der Waals surface area contributed by atoms with Crippen molar-refractivity contribution in [1.29, 1.82) is 0 Å². The van der Waals surface area contributed by atoms with Crippen LogP contribution in [0.3, 0.4) is 0 Å². The van der Waals surface area contributed by atoms with Crippen LogP contribution in [-0.2, 0) is 9.59 Å². The summed E-state index contributed by atoms with van der Waals surface area (Å²) in [5.74, 6) is -0.357. The number of amides is 4. The van der Waals surface area contributed by atoms with E-state index >= 15 is 0 Å². The summed E-state index contributed by atoms with van der Waals surface area (Å²) in [5, 5.41) is 2.23. The van der Waals surface area contributed by atoms with Crippen LogP contribution in [-0.4, -0.2) is 24.6 Å². The van der Waals surface area contributed by atoms with E-state index < -0.39 is 17.8 Å². The molecule has 7 nitrogen and oxygen atoms in total. The first kappa shape index (κ1) is 18.2. The summed E-state index contributed by atoms with van der Waals surface area (Å²) < 4.78 is 11.3. The Hall–Kier alpha value is -3.13. The van der Waals surface area contributed by atoms with Crippen molar-refractivity contribution in [3.8, 4) is 11.5 Å². The van der Waals surface area contributed by atoms with E-state index in [1.54, 1.807) is 24.3 Å². The number of urea groups is 1. The molecule has 0 bridgehead atoms. The summed E-state index contributed by atoms with van der Waals surface area (Å²) in [6.45, 7) is 3.85. The van der Waals surface area contributed by atoms with Crippen LogP contribution in [0.5, 0.6) is 11.5 Å². The molecule has 142 valence electrons. The van der Waals surface area contributed by atoms with Gasteiger partial charge in [0.2, 0.25) is 6.79 Å². The van der Waals surface area contributed by atoms with Crippen molar-refractivity contribution in [2.24, 2.45) is 0 Å². The Labute approximate surface area is 169 Å². The number of benzene rings is 2. The SMILES string of the molecule is Cc1cc(C)cc(N2C(=O)NC(=O)/C(=C/c3cc4c(cc3Br)OCO4)C2=O)c1. The highest BCUT2D eigenvalue weighted by Gasteiger charge is 2.37. The lowest BCUT2D eigenvalue weighted by molar-refractivity contribution is -0.122. The Balaban J connectivity index is 1.77. The Kier molecular flexibility index (Phi) is 4.43. The van der Waals surface area contributed by atoms with Gasteiger partial charge in [-0.2, -0.15) is 0 Å². The topological polar surface area (TPSA) is 84.9 Å². The smallest absolute Gasteiger partial charge is 0.335 e. The molecule has 0 aromatic heterocycles. The molecule has 2 aromatic carbocycles. The summed E-state index contributed by atoms with van der Waals surface area (Å²) in [5.41, 5.74) is 2.60. The van der Waals surface area contributed by atoms with Gasteiger partial charge in [-0.25, -0.2) is 9.69 Å². The van der Waals surface area contributed by atoms with Crippen LogP contribution in [0.4, 0.5) is 10.5 Å². The van der Waals surface area contributed by atoms with Crippen molar-refractivity contribution < 1.29 is 23.9 Å². The number of carbonyl (C=O) groups is 3. The molecule has 2 aromatic rings. The molecule has 0 radical (unpaired) electrons. The minimum atomic E-state index is -0.776. The van der Waals surface area contributed by atoms with Gasteiger partial charge in [0.1, 0.15) is 5.57 Å². The van der Waals surface area contributed by atoms with Gasteiger partial charge in [0.05, 0.1) is 5.69 Å². The van der Waals surface area contributed by atoms with E-state index in [0.717, 1.165) is 16.0 Å². The van der Waals surface area contributed by atoms with Crippen molar-refractivity contribution in [3.05, 3.63) is 57.1 Å². The van der Waals surface area contributed by atoms with E-state index in [4.69, 9.17) is 9.47 Å².